The first-order valence-corrected chi connectivity index (χ1v) is 4.50. The normalized spacial score (nSPS) is 10.0. The third kappa shape index (κ3) is 1.68. The van der Waals surface area contributed by atoms with Crippen LogP contribution in [-0.4, -0.2) is 13.1 Å². The summed E-state index contributed by atoms with van der Waals surface area (Å²) < 4.78 is 4.63. The number of esters is 1. The number of methoxy groups -OCH3 is 1. The van der Waals surface area contributed by atoms with Crippen molar-refractivity contribution in [1.82, 2.24) is 0 Å². The Labute approximate surface area is 87.8 Å². The van der Waals surface area contributed by atoms with Crippen molar-refractivity contribution in [2.24, 2.45) is 0 Å². The second-order valence-electron chi connectivity index (χ2n) is 3.08. The van der Waals surface area contributed by atoms with Crippen LogP contribution in [-0.2, 0) is 4.74 Å². The Morgan fingerprint density at radius 2 is 2.07 bits per heavy atom. The highest BCUT2D eigenvalue weighted by Gasteiger charge is 2.17. The van der Waals surface area contributed by atoms with Gasteiger partial charge in [0.15, 0.2) is 0 Å². The summed E-state index contributed by atoms with van der Waals surface area (Å²) in [5.41, 5.74) is 7.99. The fraction of sp³-hybridized carbons (Fsp3) is 0.300. The van der Waals surface area contributed by atoms with E-state index < -0.39 is 5.97 Å². The zero-order valence-corrected chi connectivity index (χ0v) is 9.11. The van der Waals surface area contributed by atoms with Crippen LogP contribution in [0.2, 0.25) is 5.02 Å². The Balaban J connectivity index is 3.47. The topological polar surface area (TPSA) is 52.3 Å². The van der Waals surface area contributed by atoms with Gasteiger partial charge in [-0.3, -0.25) is 0 Å². The summed E-state index contributed by atoms with van der Waals surface area (Å²) in [7, 11) is 1.32. The van der Waals surface area contributed by atoms with Crippen LogP contribution in [0.3, 0.4) is 0 Å². The zero-order chi connectivity index (χ0) is 10.9. The molecule has 0 fully saturated rings. The van der Waals surface area contributed by atoms with Crippen molar-refractivity contribution in [2.45, 2.75) is 13.8 Å². The number of hydrogen-bond acceptors (Lipinski definition) is 3. The Kier molecular flexibility index (Phi) is 3.01. The van der Waals surface area contributed by atoms with Crippen molar-refractivity contribution in [3.05, 3.63) is 27.8 Å². The van der Waals surface area contributed by atoms with Crippen LogP contribution in [0.15, 0.2) is 6.07 Å². The molecule has 0 saturated heterocycles. The molecule has 14 heavy (non-hydrogen) atoms. The molecule has 0 aliphatic rings. The van der Waals surface area contributed by atoms with E-state index in [1.54, 1.807) is 19.9 Å². The van der Waals surface area contributed by atoms with E-state index in [0.717, 1.165) is 5.56 Å². The number of carbonyl (C=O) groups is 1. The quantitative estimate of drug-likeness (QED) is 0.576. The maximum absolute atomic E-state index is 11.4. The molecule has 0 unspecified atom stereocenters. The van der Waals surface area contributed by atoms with Crippen molar-refractivity contribution < 1.29 is 9.53 Å². The molecule has 0 amide bonds. The van der Waals surface area contributed by atoms with E-state index in [1.807, 2.05) is 0 Å². The first-order valence-electron chi connectivity index (χ1n) is 4.12. The van der Waals surface area contributed by atoms with Crippen molar-refractivity contribution in [3.8, 4) is 0 Å². The third-order valence-corrected chi connectivity index (χ3v) is 2.55. The van der Waals surface area contributed by atoms with Gasteiger partial charge >= 0.3 is 5.97 Å². The monoisotopic (exact) mass is 213 g/mol. The number of rotatable bonds is 1. The van der Waals surface area contributed by atoms with E-state index in [2.05, 4.69) is 4.74 Å². The largest absolute Gasteiger partial charge is 0.465 e. The van der Waals surface area contributed by atoms with Crippen molar-refractivity contribution in [3.63, 3.8) is 0 Å². The molecule has 3 nitrogen and oxygen atoms in total. The maximum Gasteiger partial charge on any atom is 0.340 e. The van der Waals surface area contributed by atoms with Gasteiger partial charge in [-0.1, -0.05) is 11.6 Å². The fourth-order valence-corrected chi connectivity index (χ4v) is 1.52. The molecule has 0 saturated carbocycles. The number of nitrogen functional groups attached to an aromatic ring is 1. The maximum atomic E-state index is 11.4. The second-order valence-corrected chi connectivity index (χ2v) is 3.49. The highest BCUT2D eigenvalue weighted by molar-refractivity contribution is 6.32. The number of benzene rings is 1. The lowest BCUT2D eigenvalue weighted by Gasteiger charge is -2.11. The third-order valence-electron chi connectivity index (χ3n) is 2.16. The van der Waals surface area contributed by atoms with E-state index in [0.29, 0.717) is 21.8 Å². The summed E-state index contributed by atoms with van der Waals surface area (Å²) in [6.45, 7) is 3.54. The molecule has 1 rings (SSSR count). The minimum absolute atomic E-state index is 0.359. The van der Waals surface area contributed by atoms with E-state index >= 15 is 0 Å². The first kappa shape index (κ1) is 10.9. The van der Waals surface area contributed by atoms with E-state index in [4.69, 9.17) is 17.3 Å². The van der Waals surface area contributed by atoms with Gasteiger partial charge in [-0.05, 0) is 31.0 Å². The van der Waals surface area contributed by atoms with E-state index in [1.165, 1.54) is 7.11 Å². The van der Waals surface area contributed by atoms with E-state index in [9.17, 15) is 4.79 Å². The molecule has 2 N–H and O–H groups in total. The smallest absolute Gasteiger partial charge is 0.340 e. The Morgan fingerprint density at radius 1 is 1.50 bits per heavy atom. The molecular weight excluding hydrogens is 202 g/mol. The summed E-state index contributed by atoms with van der Waals surface area (Å²) in [5.74, 6) is -0.453. The highest BCUT2D eigenvalue weighted by Crippen LogP contribution is 2.28. The Morgan fingerprint density at radius 3 is 2.57 bits per heavy atom. The first-order chi connectivity index (χ1) is 6.49. The average Bonchev–Trinajstić information content (AvgIpc) is 2.15. The van der Waals surface area contributed by atoms with Crippen LogP contribution < -0.4 is 5.73 Å². The second kappa shape index (κ2) is 3.88. The molecule has 0 atom stereocenters. The van der Waals surface area contributed by atoms with Gasteiger partial charge in [0, 0.05) is 10.7 Å². The average molecular weight is 214 g/mol. The van der Waals surface area contributed by atoms with Gasteiger partial charge in [0.25, 0.3) is 0 Å². The number of ether oxygens (including phenoxy) is 1. The number of anilines is 1. The Hall–Kier alpha value is -1.22. The molecule has 0 bridgehead atoms. The lowest BCUT2D eigenvalue weighted by Crippen LogP contribution is -2.09. The molecule has 0 spiro atoms. The predicted octanol–water partition coefficient (Wildman–Crippen LogP) is 2.33. The molecular formula is C10H12ClNO2. The van der Waals surface area contributed by atoms with Gasteiger partial charge in [-0.15, -0.1) is 0 Å². The van der Waals surface area contributed by atoms with Crippen LogP contribution >= 0.6 is 11.6 Å². The fourth-order valence-electron chi connectivity index (χ4n) is 1.26. The number of nitrogens with two attached hydrogens (primary N) is 1. The van der Waals surface area contributed by atoms with Crippen molar-refractivity contribution in [2.75, 3.05) is 12.8 Å². The van der Waals surface area contributed by atoms with Gasteiger partial charge in [-0.2, -0.15) is 0 Å². The van der Waals surface area contributed by atoms with Crippen molar-refractivity contribution >= 4 is 23.3 Å². The standard InChI is InChI=1S/C10H12ClNO2/c1-5-4-7(11)6(2)8(9(5)12)10(13)14-3/h4H,12H2,1-3H3. The molecule has 0 aliphatic carbocycles. The SMILES string of the molecule is COC(=O)c1c(C)c(Cl)cc(C)c1N. The minimum Gasteiger partial charge on any atom is -0.465 e. The molecule has 4 heteroatoms. The lowest BCUT2D eigenvalue weighted by atomic mass is 10.0. The predicted molar refractivity (Wildman–Crippen MR) is 56.7 cm³/mol. The van der Waals surface area contributed by atoms with Gasteiger partial charge < -0.3 is 10.5 Å². The van der Waals surface area contributed by atoms with Gasteiger partial charge in [-0.25, -0.2) is 4.79 Å². The number of aryl methyl sites for hydroxylation is 1. The van der Waals surface area contributed by atoms with Crippen LogP contribution in [0.25, 0.3) is 0 Å². The summed E-state index contributed by atoms with van der Waals surface area (Å²) in [4.78, 5) is 11.4. The Bertz CT molecular complexity index is 362. The number of carbonyl (C=O) groups excluding carboxylic acids is 1. The minimum atomic E-state index is -0.453. The van der Waals surface area contributed by atoms with Gasteiger partial charge in [0.05, 0.1) is 12.7 Å². The number of hydrogen-bond donors (Lipinski definition) is 1. The summed E-state index contributed by atoms with van der Waals surface area (Å²) in [6, 6.07) is 1.73. The van der Waals surface area contributed by atoms with Crippen LogP contribution in [0.4, 0.5) is 5.69 Å². The molecule has 0 aliphatic heterocycles. The summed E-state index contributed by atoms with van der Waals surface area (Å²) in [6.07, 6.45) is 0. The molecule has 76 valence electrons. The van der Waals surface area contributed by atoms with Crippen LogP contribution in [0.5, 0.6) is 0 Å². The molecule has 0 heterocycles. The molecule has 1 aromatic carbocycles. The zero-order valence-electron chi connectivity index (χ0n) is 8.35. The highest BCUT2D eigenvalue weighted by atomic mass is 35.5. The molecule has 0 aromatic heterocycles. The van der Waals surface area contributed by atoms with Gasteiger partial charge in [0.2, 0.25) is 0 Å². The molecule has 1 aromatic rings. The summed E-state index contributed by atoms with van der Waals surface area (Å²) in [5, 5.41) is 0.525. The van der Waals surface area contributed by atoms with Crippen LogP contribution in [0, 0.1) is 13.8 Å². The lowest BCUT2D eigenvalue weighted by molar-refractivity contribution is 0.0601. The van der Waals surface area contributed by atoms with Gasteiger partial charge in [0.1, 0.15) is 0 Å². The summed E-state index contributed by atoms with van der Waals surface area (Å²) >= 11 is 5.93. The van der Waals surface area contributed by atoms with Crippen molar-refractivity contribution in [1.29, 1.82) is 0 Å². The number of halogens is 1. The van der Waals surface area contributed by atoms with Crippen LogP contribution in [0.1, 0.15) is 21.5 Å². The van der Waals surface area contributed by atoms with E-state index in [-0.39, 0.29) is 0 Å². The molecule has 0 radical (unpaired) electrons.